The van der Waals surface area contributed by atoms with Gasteiger partial charge >= 0.3 is 5.97 Å². The first-order valence-electron chi connectivity index (χ1n) is 8.95. The van der Waals surface area contributed by atoms with Crippen LogP contribution in [0.3, 0.4) is 0 Å². The maximum Gasteiger partial charge on any atom is 0.341 e. The van der Waals surface area contributed by atoms with Gasteiger partial charge in [-0.15, -0.1) is 6.42 Å². The summed E-state index contributed by atoms with van der Waals surface area (Å²) in [6, 6.07) is 1.70. The molecule has 2 aromatic heterocycles. The van der Waals surface area contributed by atoms with E-state index in [4.69, 9.17) is 6.42 Å². The van der Waals surface area contributed by atoms with Crippen molar-refractivity contribution < 1.29 is 9.90 Å². The number of pyridine rings is 2. The van der Waals surface area contributed by atoms with Gasteiger partial charge < -0.3 is 15.0 Å². The number of hydrogen-bond donors (Lipinski definition) is 2. The Morgan fingerprint density at radius 3 is 2.69 bits per heavy atom. The first kappa shape index (κ1) is 18.0. The zero-order valence-corrected chi connectivity index (χ0v) is 15.1. The molecule has 3 rings (SSSR count). The van der Waals surface area contributed by atoms with Crippen LogP contribution in [0.25, 0.3) is 11.0 Å². The number of nitrogens with zero attached hydrogens (tertiary/aromatic N) is 2. The van der Waals surface area contributed by atoms with E-state index in [2.05, 4.69) is 16.2 Å². The molecule has 2 aromatic rings. The minimum absolute atomic E-state index is 0.250. The van der Waals surface area contributed by atoms with Crippen LogP contribution in [-0.4, -0.2) is 26.2 Å². The van der Waals surface area contributed by atoms with E-state index in [9.17, 15) is 14.7 Å². The second-order valence-electron chi connectivity index (χ2n) is 6.87. The average molecular weight is 353 g/mol. The van der Waals surface area contributed by atoms with Crippen LogP contribution in [0.15, 0.2) is 17.1 Å². The zero-order chi connectivity index (χ0) is 18.9. The number of fused-ring (bicyclic) bond motifs is 1. The molecule has 6 nitrogen and oxygen atoms in total. The molecule has 136 valence electrons. The third kappa shape index (κ3) is 3.05. The van der Waals surface area contributed by atoms with E-state index in [1.165, 1.54) is 12.6 Å². The molecule has 2 N–H and O–H groups in total. The van der Waals surface area contributed by atoms with Crippen molar-refractivity contribution in [2.45, 2.75) is 58.0 Å². The standard InChI is InChI=1S/C20H23N3O3/c1-4-20(9-7-6-8-10-20)22-16-11-14-17(24)15(19(25)26)12-23(5-2)18(14)21-13(16)3/h1,11-12,22H,5-10H2,2-3H3,(H,25,26). The van der Waals surface area contributed by atoms with E-state index in [0.717, 1.165) is 31.4 Å². The molecule has 0 aliphatic heterocycles. The number of rotatable bonds is 4. The van der Waals surface area contributed by atoms with Crippen molar-refractivity contribution in [1.82, 2.24) is 9.55 Å². The molecule has 1 aliphatic carbocycles. The minimum Gasteiger partial charge on any atom is -0.477 e. The Morgan fingerprint density at radius 1 is 1.42 bits per heavy atom. The molecule has 0 spiro atoms. The molecule has 0 amide bonds. The molecule has 26 heavy (non-hydrogen) atoms. The van der Waals surface area contributed by atoms with Gasteiger partial charge in [-0.1, -0.05) is 25.2 Å². The fourth-order valence-electron chi connectivity index (χ4n) is 3.64. The predicted molar refractivity (Wildman–Crippen MR) is 102 cm³/mol. The lowest BCUT2D eigenvalue weighted by atomic mass is 9.82. The maximum atomic E-state index is 12.6. The highest BCUT2D eigenvalue weighted by molar-refractivity contribution is 5.92. The van der Waals surface area contributed by atoms with Crippen molar-refractivity contribution in [1.29, 1.82) is 0 Å². The van der Waals surface area contributed by atoms with Gasteiger partial charge in [-0.25, -0.2) is 9.78 Å². The normalized spacial score (nSPS) is 16.2. The summed E-state index contributed by atoms with van der Waals surface area (Å²) in [4.78, 5) is 28.6. The summed E-state index contributed by atoms with van der Waals surface area (Å²) in [5.74, 6) is 1.66. The maximum absolute atomic E-state index is 12.6. The second-order valence-corrected chi connectivity index (χ2v) is 6.87. The highest BCUT2D eigenvalue weighted by Crippen LogP contribution is 2.32. The number of carboxylic acids is 1. The van der Waals surface area contributed by atoms with Gasteiger partial charge in [0.2, 0.25) is 5.43 Å². The van der Waals surface area contributed by atoms with Gasteiger partial charge in [0.25, 0.3) is 0 Å². The number of aromatic carboxylic acids is 1. The SMILES string of the molecule is C#CC1(Nc2cc3c(=O)c(C(=O)O)cn(CC)c3nc2C)CCCCC1. The van der Waals surface area contributed by atoms with Gasteiger partial charge in [-0.3, -0.25) is 4.79 Å². The van der Waals surface area contributed by atoms with Crippen LogP contribution in [0, 0.1) is 19.3 Å². The Morgan fingerprint density at radius 2 is 2.12 bits per heavy atom. The van der Waals surface area contributed by atoms with Gasteiger partial charge in [0.1, 0.15) is 11.2 Å². The molecule has 0 bridgehead atoms. The lowest BCUT2D eigenvalue weighted by molar-refractivity contribution is 0.0695. The Labute approximate surface area is 152 Å². The predicted octanol–water partition coefficient (Wildman–Crippen LogP) is 3.17. The summed E-state index contributed by atoms with van der Waals surface area (Å²) in [6.45, 7) is 4.27. The Hall–Kier alpha value is -2.81. The molecular formula is C20H23N3O3. The van der Waals surface area contributed by atoms with Gasteiger partial charge in [0, 0.05) is 12.7 Å². The van der Waals surface area contributed by atoms with Crippen molar-refractivity contribution in [3.63, 3.8) is 0 Å². The average Bonchev–Trinajstić information content (AvgIpc) is 2.64. The summed E-state index contributed by atoms with van der Waals surface area (Å²) >= 11 is 0. The largest absolute Gasteiger partial charge is 0.477 e. The molecule has 0 saturated heterocycles. The van der Waals surface area contributed by atoms with Crippen LogP contribution in [-0.2, 0) is 6.54 Å². The van der Waals surface area contributed by atoms with E-state index in [1.807, 2.05) is 13.8 Å². The summed E-state index contributed by atoms with van der Waals surface area (Å²) in [5.41, 5.74) is 0.712. The van der Waals surface area contributed by atoms with Crippen LogP contribution in [0.4, 0.5) is 5.69 Å². The third-order valence-corrected chi connectivity index (χ3v) is 5.17. The Balaban J connectivity index is 2.17. The van der Waals surface area contributed by atoms with Gasteiger partial charge in [-0.05, 0) is 32.8 Å². The van der Waals surface area contributed by atoms with Crippen molar-refractivity contribution in [2.75, 3.05) is 5.32 Å². The molecule has 0 radical (unpaired) electrons. The molecule has 1 aliphatic rings. The Bertz CT molecular complexity index is 963. The van der Waals surface area contributed by atoms with E-state index < -0.39 is 16.9 Å². The number of aromatic nitrogens is 2. The van der Waals surface area contributed by atoms with Crippen LogP contribution in [0.2, 0.25) is 0 Å². The lowest BCUT2D eigenvalue weighted by Gasteiger charge is -2.34. The van der Waals surface area contributed by atoms with Gasteiger partial charge in [0.05, 0.1) is 22.3 Å². The van der Waals surface area contributed by atoms with Gasteiger partial charge in [0.15, 0.2) is 0 Å². The van der Waals surface area contributed by atoms with Crippen molar-refractivity contribution in [3.8, 4) is 12.3 Å². The van der Waals surface area contributed by atoms with Crippen molar-refractivity contribution in [3.05, 3.63) is 33.7 Å². The molecule has 1 fully saturated rings. The second kappa shape index (κ2) is 6.83. The smallest absolute Gasteiger partial charge is 0.341 e. The number of anilines is 1. The fourth-order valence-corrected chi connectivity index (χ4v) is 3.64. The summed E-state index contributed by atoms with van der Waals surface area (Å²) < 4.78 is 1.69. The minimum atomic E-state index is -1.23. The van der Waals surface area contributed by atoms with Gasteiger partial charge in [-0.2, -0.15) is 0 Å². The van der Waals surface area contributed by atoms with Crippen LogP contribution in [0.5, 0.6) is 0 Å². The number of hydrogen-bond acceptors (Lipinski definition) is 4. The molecular weight excluding hydrogens is 330 g/mol. The topological polar surface area (TPSA) is 84.2 Å². The van der Waals surface area contributed by atoms with Crippen LogP contribution >= 0.6 is 0 Å². The summed E-state index contributed by atoms with van der Waals surface area (Å²) in [7, 11) is 0. The fraction of sp³-hybridized carbons (Fsp3) is 0.450. The van der Waals surface area contributed by atoms with Crippen molar-refractivity contribution >= 4 is 22.7 Å². The van der Waals surface area contributed by atoms with Crippen molar-refractivity contribution in [2.24, 2.45) is 0 Å². The first-order chi connectivity index (χ1) is 12.4. The molecule has 0 unspecified atom stereocenters. The molecule has 0 atom stereocenters. The first-order valence-corrected chi connectivity index (χ1v) is 8.95. The number of terminal acetylenes is 1. The quantitative estimate of drug-likeness (QED) is 0.825. The molecule has 1 saturated carbocycles. The number of carbonyl (C=O) groups is 1. The molecule has 0 aromatic carbocycles. The van der Waals surface area contributed by atoms with E-state index >= 15 is 0 Å². The number of aryl methyl sites for hydroxylation is 2. The summed E-state index contributed by atoms with van der Waals surface area (Å²) in [5, 5.41) is 13.1. The number of nitrogens with one attached hydrogen (secondary N) is 1. The van der Waals surface area contributed by atoms with E-state index in [-0.39, 0.29) is 5.56 Å². The van der Waals surface area contributed by atoms with E-state index in [0.29, 0.717) is 23.3 Å². The number of carboxylic acid groups (broad SMARTS) is 1. The molecule has 2 heterocycles. The lowest BCUT2D eigenvalue weighted by Crippen LogP contribution is -2.39. The monoisotopic (exact) mass is 353 g/mol. The van der Waals surface area contributed by atoms with E-state index in [1.54, 1.807) is 10.6 Å². The third-order valence-electron chi connectivity index (χ3n) is 5.17. The zero-order valence-electron chi connectivity index (χ0n) is 15.1. The Kier molecular flexibility index (Phi) is 4.73. The highest BCUT2D eigenvalue weighted by Gasteiger charge is 2.30. The summed E-state index contributed by atoms with van der Waals surface area (Å²) in [6.07, 6.45) is 12.2. The highest BCUT2D eigenvalue weighted by atomic mass is 16.4. The molecule has 6 heteroatoms. The van der Waals surface area contributed by atoms with Crippen LogP contribution in [0.1, 0.15) is 55.1 Å². The van der Waals surface area contributed by atoms with Crippen LogP contribution < -0.4 is 10.7 Å².